The normalized spacial score (nSPS) is 11.1. The van der Waals surface area contributed by atoms with Gasteiger partial charge in [0.1, 0.15) is 12.4 Å². The molecule has 6 nitrogen and oxygen atoms in total. The van der Waals surface area contributed by atoms with Crippen LogP contribution in [-0.2, 0) is 16.6 Å². The molecule has 0 aliphatic heterocycles. The van der Waals surface area contributed by atoms with Gasteiger partial charge in [-0.1, -0.05) is 41.9 Å². The Kier molecular flexibility index (Phi) is 7.77. The fourth-order valence-electron chi connectivity index (χ4n) is 3.08. The molecular formula is C24H25ClN2O4S. The monoisotopic (exact) mass is 472 g/mol. The Morgan fingerprint density at radius 1 is 1.00 bits per heavy atom. The fraction of sp³-hybridized carbons (Fsp3) is 0.208. The highest BCUT2D eigenvalue weighted by molar-refractivity contribution is 7.92. The molecule has 0 fully saturated rings. The van der Waals surface area contributed by atoms with Crippen molar-refractivity contribution in [3.63, 3.8) is 0 Å². The molecule has 0 heterocycles. The van der Waals surface area contributed by atoms with Crippen molar-refractivity contribution in [3.05, 3.63) is 94.5 Å². The number of anilines is 1. The minimum atomic E-state index is -3.52. The van der Waals surface area contributed by atoms with E-state index in [2.05, 4.69) is 5.32 Å². The number of rotatable bonds is 9. The molecule has 0 bridgehead atoms. The van der Waals surface area contributed by atoms with E-state index in [1.54, 1.807) is 48.5 Å². The molecule has 1 N–H and O–H groups in total. The van der Waals surface area contributed by atoms with Gasteiger partial charge < -0.3 is 10.1 Å². The van der Waals surface area contributed by atoms with Gasteiger partial charge in [-0.05, 0) is 60.5 Å². The summed E-state index contributed by atoms with van der Waals surface area (Å²) in [6.45, 7) is 2.82. The van der Waals surface area contributed by atoms with E-state index in [-0.39, 0.29) is 12.5 Å². The molecule has 1 amide bonds. The van der Waals surface area contributed by atoms with Crippen molar-refractivity contribution in [2.75, 3.05) is 23.7 Å². The Labute approximate surface area is 193 Å². The molecule has 32 heavy (non-hydrogen) atoms. The van der Waals surface area contributed by atoms with Gasteiger partial charge >= 0.3 is 0 Å². The Hall–Kier alpha value is -3.03. The maximum absolute atomic E-state index is 12.4. The van der Waals surface area contributed by atoms with Crippen molar-refractivity contribution in [1.82, 2.24) is 5.32 Å². The molecule has 168 valence electrons. The lowest BCUT2D eigenvalue weighted by Gasteiger charge is -2.23. The summed E-state index contributed by atoms with van der Waals surface area (Å²) >= 11 is 5.91. The second kappa shape index (κ2) is 10.5. The van der Waals surface area contributed by atoms with Crippen LogP contribution in [-0.4, -0.2) is 33.7 Å². The van der Waals surface area contributed by atoms with Crippen LogP contribution in [0, 0.1) is 6.92 Å². The van der Waals surface area contributed by atoms with Crippen LogP contribution in [0.1, 0.15) is 21.5 Å². The van der Waals surface area contributed by atoms with E-state index in [9.17, 15) is 13.2 Å². The molecule has 8 heteroatoms. The van der Waals surface area contributed by atoms with E-state index in [1.165, 1.54) is 4.31 Å². The lowest BCUT2D eigenvalue weighted by Crippen LogP contribution is -2.30. The topological polar surface area (TPSA) is 75.7 Å². The van der Waals surface area contributed by atoms with E-state index < -0.39 is 10.0 Å². The molecule has 3 aromatic rings. The Morgan fingerprint density at radius 2 is 1.66 bits per heavy atom. The number of carbonyl (C=O) groups is 1. The predicted molar refractivity (Wildman–Crippen MR) is 128 cm³/mol. The Morgan fingerprint density at radius 3 is 2.28 bits per heavy atom. The lowest BCUT2D eigenvalue weighted by molar-refractivity contribution is 0.0947. The van der Waals surface area contributed by atoms with Gasteiger partial charge in [-0.2, -0.15) is 0 Å². The Balaban J connectivity index is 1.60. The first-order chi connectivity index (χ1) is 15.2. The first kappa shape index (κ1) is 23.6. The number of sulfonamides is 1. The highest BCUT2D eigenvalue weighted by Gasteiger charge is 2.18. The summed E-state index contributed by atoms with van der Waals surface area (Å²) in [5.74, 6) is 0.529. The lowest BCUT2D eigenvalue weighted by atomic mass is 10.1. The number of hydrogen-bond donors (Lipinski definition) is 1. The van der Waals surface area contributed by atoms with Crippen LogP contribution in [0.3, 0.4) is 0 Å². The minimum Gasteiger partial charge on any atom is -0.491 e. The van der Waals surface area contributed by atoms with Crippen LogP contribution in [0.4, 0.5) is 5.69 Å². The van der Waals surface area contributed by atoms with Crippen molar-refractivity contribution in [3.8, 4) is 5.75 Å². The molecule has 0 atom stereocenters. The minimum absolute atomic E-state index is 0.164. The average molecular weight is 473 g/mol. The van der Waals surface area contributed by atoms with Gasteiger partial charge in [0.15, 0.2) is 0 Å². The number of hydrogen-bond acceptors (Lipinski definition) is 4. The molecular weight excluding hydrogens is 448 g/mol. The summed E-state index contributed by atoms with van der Waals surface area (Å²) in [4.78, 5) is 12.4. The van der Waals surface area contributed by atoms with Crippen LogP contribution in [0.5, 0.6) is 5.75 Å². The standard InChI is InChI=1S/C24H25ClN2O4S/c1-18-5-3-4-6-23(18)31-16-15-26-24(28)20-9-13-22(14-10-20)27(32(2,29)30)17-19-7-11-21(25)12-8-19/h3-14H,15-17H2,1-2H3,(H,26,28). The summed E-state index contributed by atoms with van der Waals surface area (Å²) < 4.78 is 31.7. The molecule has 3 aromatic carbocycles. The molecule has 0 aliphatic carbocycles. The highest BCUT2D eigenvalue weighted by Crippen LogP contribution is 2.22. The van der Waals surface area contributed by atoms with Crippen LogP contribution in [0.2, 0.25) is 5.02 Å². The number of benzene rings is 3. The Bertz CT molecular complexity index is 1160. The molecule has 0 unspecified atom stereocenters. The quantitative estimate of drug-likeness (QED) is 0.467. The first-order valence-corrected chi connectivity index (χ1v) is 12.3. The van der Waals surface area contributed by atoms with Gasteiger partial charge in [0.05, 0.1) is 25.0 Å². The molecule has 0 spiro atoms. The molecule has 0 radical (unpaired) electrons. The summed E-state index contributed by atoms with van der Waals surface area (Å²) in [7, 11) is -3.52. The molecule has 3 rings (SSSR count). The van der Waals surface area contributed by atoms with E-state index >= 15 is 0 Å². The van der Waals surface area contributed by atoms with E-state index in [1.807, 2.05) is 31.2 Å². The third-order valence-corrected chi connectivity index (χ3v) is 6.19. The first-order valence-electron chi connectivity index (χ1n) is 10.0. The van der Waals surface area contributed by atoms with Crippen LogP contribution >= 0.6 is 11.6 Å². The smallest absolute Gasteiger partial charge is 0.251 e. The summed E-state index contributed by atoms with van der Waals surface area (Å²) in [6.07, 6.45) is 1.15. The summed E-state index contributed by atoms with van der Waals surface area (Å²) in [5.41, 5.74) is 2.74. The van der Waals surface area contributed by atoms with Gasteiger partial charge in [0, 0.05) is 10.6 Å². The SMILES string of the molecule is Cc1ccccc1OCCNC(=O)c1ccc(N(Cc2ccc(Cl)cc2)S(C)(=O)=O)cc1. The second-order valence-electron chi connectivity index (χ2n) is 7.31. The van der Waals surface area contributed by atoms with Crippen molar-refractivity contribution in [2.45, 2.75) is 13.5 Å². The number of ether oxygens (including phenoxy) is 1. The zero-order valence-corrected chi connectivity index (χ0v) is 19.5. The molecule has 0 saturated carbocycles. The number of halogens is 1. The number of nitrogens with one attached hydrogen (secondary N) is 1. The van der Waals surface area contributed by atoms with Crippen LogP contribution < -0.4 is 14.4 Å². The number of carbonyl (C=O) groups excluding carboxylic acids is 1. The van der Waals surface area contributed by atoms with Gasteiger partial charge in [-0.3, -0.25) is 9.10 Å². The fourth-order valence-corrected chi connectivity index (χ4v) is 4.09. The number of para-hydroxylation sites is 1. The summed E-state index contributed by atoms with van der Waals surface area (Å²) in [5, 5.41) is 3.39. The predicted octanol–water partition coefficient (Wildman–Crippen LogP) is 4.42. The second-order valence-corrected chi connectivity index (χ2v) is 9.66. The number of nitrogens with zero attached hydrogens (tertiary/aromatic N) is 1. The van der Waals surface area contributed by atoms with Gasteiger partial charge in [0.25, 0.3) is 5.91 Å². The third kappa shape index (κ3) is 6.48. The van der Waals surface area contributed by atoms with Crippen molar-refractivity contribution < 1.29 is 17.9 Å². The average Bonchev–Trinajstić information content (AvgIpc) is 2.76. The van der Waals surface area contributed by atoms with Gasteiger partial charge in [-0.15, -0.1) is 0 Å². The van der Waals surface area contributed by atoms with Crippen LogP contribution in [0.25, 0.3) is 0 Å². The molecule has 0 aromatic heterocycles. The van der Waals surface area contributed by atoms with Gasteiger partial charge in [0.2, 0.25) is 10.0 Å². The largest absolute Gasteiger partial charge is 0.491 e. The third-order valence-electron chi connectivity index (χ3n) is 4.80. The van der Waals surface area contributed by atoms with E-state index in [0.29, 0.717) is 29.4 Å². The molecule has 0 saturated heterocycles. The maximum Gasteiger partial charge on any atom is 0.251 e. The zero-order valence-electron chi connectivity index (χ0n) is 17.9. The van der Waals surface area contributed by atoms with Crippen molar-refractivity contribution >= 4 is 33.2 Å². The van der Waals surface area contributed by atoms with Crippen LogP contribution in [0.15, 0.2) is 72.8 Å². The highest BCUT2D eigenvalue weighted by atomic mass is 35.5. The summed E-state index contributed by atoms with van der Waals surface area (Å²) in [6, 6.07) is 21.1. The van der Waals surface area contributed by atoms with Crippen molar-refractivity contribution in [2.24, 2.45) is 0 Å². The zero-order chi connectivity index (χ0) is 23.1. The number of aryl methyl sites for hydroxylation is 1. The van der Waals surface area contributed by atoms with E-state index in [0.717, 1.165) is 23.1 Å². The molecule has 0 aliphatic rings. The van der Waals surface area contributed by atoms with Gasteiger partial charge in [-0.25, -0.2) is 8.42 Å². The van der Waals surface area contributed by atoms with E-state index in [4.69, 9.17) is 16.3 Å². The number of amides is 1. The maximum atomic E-state index is 12.4. The van der Waals surface area contributed by atoms with Crippen molar-refractivity contribution in [1.29, 1.82) is 0 Å².